The van der Waals surface area contributed by atoms with Crippen molar-refractivity contribution in [3.63, 3.8) is 0 Å². The maximum absolute atomic E-state index is 12.3. The molecule has 0 saturated carbocycles. The Hall–Kier alpha value is -3.98. The number of para-hydroxylation sites is 1. The zero-order valence-electron chi connectivity index (χ0n) is 16.9. The third-order valence-corrected chi connectivity index (χ3v) is 5.28. The fourth-order valence-electron chi connectivity index (χ4n) is 2.86. The highest BCUT2D eigenvalue weighted by Gasteiger charge is 2.24. The number of nitrogens with one attached hydrogen (secondary N) is 1. The molecule has 2 N–H and O–H groups in total. The van der Waals surface area contributed by atoms with Crippen LogP contribution in [-0.4, -0.2) is 29.3 Å². The molecule has 0 spiro atoms. The summed E-state index contributed by atoms with van der Waals surface area (Å²) in [4.78, 5) is 28.2. The number of methoxy groups -OCH3 is 1. The van der Waals surface area contributed by atoms with Crippen molar-refractivity contribution >= 4 is 40.6 Å². The third kappa shape index (κ3) is 5.01. The van der Waals surface area contributed by atoms with Gasteiger partial charge in [-0.2, -0.15) is 0 Å². The fraction of sp³-hybridized carbons (Fsp3) is 0.0870. The van der Waals surface area contributed by atoms with Crippen LogP contribution >= 0.6 is 11.8 Å². The molecule has 4 rings (SSSR count). The molecule has 0 unspecified atom stereocenters. The predicted octanol–water partition coefficient (Wildman–Crippen LogP) is 4.46. The lowest BCUT2D eigenvalue weighted by molar-refractivity contribution is -0.115. The molecule has 0 atom stereocenters. The number of aliphatic imine (C=N–C) groups is 1. The second-order valence-electron chi connectivity index (χ2n) is 6.59. The molecular formula is C23H18N2O6S. The number of thioether (sulfide) groups is 1. The molecule has 0 bridgehead atoms. The Morgan fingerprint density at radius 1 is 1.16 bits per heavy atom. The number of benzene rings is 2. The van der Waals surface area contributed by atoms with Crippen molar-refractivity contribution in [1.29, 1.82) is 0 Å². The third-order valence-electron chi connectivity index (χ3n) is 4.37. The van der Waals surface area contributed by atoms with E-state index in [2.05, 4.69) is 10.3 Å². The van der Waals surface area contributed by atoms with Gasteiger partial charge >= 0.3 is 5.97 Å². The van der Waals surface area contributed by atoms with Crippen LogP contribution < -0.4 is 14.8 Å². The summed E-state index contributed by atoms with van der Waals surface area (Å²) < 4.78 is 16.3. The molecule has 1 amide bonds. The van der Waals surface area contributed by atoms with E-state index in [9.17, 15) is 9.59 Å². The number of carboxylic acid groups (broad SMARTS) is 1. The minimum Gasteiger partial charge on any atom is -0.493 e. The molecule has 1 aromatic heterocycles. The summed E-state index contributed by atoms with van der Waals surface area (Å²) in [6, 6.07) is 17.5. The van der Waals surface area contributed by atoms with Crippen molar-refractivity contribution in [3.8, 4) is 11.5 Å². The minimum absolute atomic E-state index is 0.0433. The van der Waals surface area contributed by atoms with Gasteiger partial charge in [-0.1, -0.05) is 24.3 Å². The first-order valence-electron chi connectivity index (χ1n) is 9.49. The lowest BCUT2D eigenvalue weighted by Crippen LogP contribution is -2.19. The van der Waals surface area contributed by atoms with E-state index in [1.54, 1.807) is 30.3 Å². The summed E-state index contributed by atoms with van der Waals surface area (Å²) in [5.74, 6) is -0.225. The summed E-state index contributed by atoms with van der Waals surface area (Å²) in [6.45, 7) is 0.0433. The summed E-state index contributed by atoms with van der Waals surface area (Å²) in [5.41, 5.74) is 1.51. The molecule has 32 heavy (non-hydrogen) atoms. The van der Waals surface area contributed by atoms with E-state index < -0.39 is 5.97 Å². The Morgan fingerprint density at radius 3 is 2.69 bits per heavy atom. The van der Waals surface area contributed by atoms with E-state index in [4.69, 9.17) is 19.0 Å². The summed E-state index contributed by atoms with van der Waals surface area (Å²) in [7, 11) is 1.51. The summed E-state index contributed by atoms with van der Waals surface area (Å²) in [6.07, 6.45) is 1.74. The van der Waals surface area contributed by atoms with Gasteiger partial charge in [0, 0.05) is 0 Å². The predicted molar refractivity (Wildman–Crippen MR) is 120 cm³/mol. The van der Waals surface area contributed by atoms with Gasteiger partial charge in [0.2, 0.25) is 5.76 Å². The van der Waals surface area contributed by atoms with Crippen LogP contribution in [0.25, 0.3) is 6.08 Å². The number of furan rings is 1. The number of carbonyl (C=O) groups is 2. The highest BCUT2D eigenvalue weighted by atomic mass is 32.2. The van der Waals surface area contributed by atoms with Gasteiger partial charge in [-0.25, -0.2) is 9.79 Å². The van der Waals surface area contributed by atoms with E-state index in [0.29, 0.717) is 27.3 Å². The molecule has 1 fully saturated rings. The molecule has 1 aliphatic heterocycles. The molecular weight excluding hydrogens is 432 g/mol. The van der Waals surface area contributed by atoms with Gasteiger partial charge in [0.15, 0.2) is 16.7 Å². The number of carboxylic acids is 1. The summed E-state index contributed by atoms with van der Waals surface area (Å²) >= 11 is 1.26. The van der Waals surface area contributed by atoms with Crippen molar-refractivity contribution < 1.29 is 28.6 Å². The maximum Gasteiger partial charge on any atom is 0.371 e. The number of rotatable bonds is 7. The first kappa shape index (κ1) is 21.3. The van der Waals surface area contributed by atoms with Crippen LogP contribution in [0.3, 0.4) is 0 Å². The number of carbonyl (C=O) groups excluding carboxylic acids is 1. The highest BCUT2D eigenvalue weighted by Crippen LogP contribution is 2.32. The van der Waals surface area contributed by atoms with E-state index >= 15 is 0 Å². The zero-order valence-corrected chi connectivity index (χ0v) is 17.7. The molecule has 1 aliphatic rings. The van der Waals surface area contributed by atoms with Gasteiger partial charge in [-0.15, -0.1) is 0 Å². The van der Waals surface area contributed by atoms with Crippen LogP contribution in [0.1, 0.15) is 21.9 Å². The van der Waals surface area contributed by atoms with Crippen molar-refractivity contribution in [2.24, 2.45) is 4.99 Å². The fourth-order valence-corrected chi connectivity index (χ4v) is 3.71. The highest BCUT2D eigenvalue weighted by molar-refractivity contribution is 8.18. The van der Waals surface area contributed by atoms with E-state index in [0.717, 1.165) is 11.3 Å². The number of amides is 1. The smallest absolute Gasteiger partial charge is 0.371 e. The van der Waals surface area contributed by atoms with E-state index in [-0.39, 0.29) is 18.3 Å². The second-order valence-corrected chi connectivity index (χ2v) is 7.62. The number of nitrogens with zero attached hydrogens (tertiary/aromatic N) is 1. The first-order valence-corrected chi connectivity index (χ1v) is 10.3. The van der Waals surface area contributed by atoms with Crippen molar-refractivity contribution in [2.75, 3.05) is 7.11 Å². The Morgan fingerprint density at radius 2 is 1.97 bits per heavy atom. The van der Waals surface area contributed by atoms with Crippen molar-refractivity contribution in [3.05, 3.63) is 82.7 Å². The monoisotopic (exact) mass is 450 g/mol. The molecule has 2 aromatic carbocycles. The van der Waals surface area contributed by atoms with Gasteiger partial charge in [0.1, 0.15) is 12.4 Å². The molecule has 162 valence electrons. The van der Waals surface area contributed by atoms with Gasteiger partial charge < -0.3 is 24.3 Å². The van der Waals surface area contributed by atoms with Crippen LogP contribution in [0.2, 0.25) is 0 Å². The Kier molecular flexibility index (Phi) is 6.27. The van der Waals surface area contributed by atoms with Gasteiger partial charge in [-0.3, -0.25) is 4.79 Å². The lowest BCUT2D eigenvalue weighted by Gasteiger charge is -2.10. The largest absolute Gasteiger partial charge is 0.493 e. The van der Waals surface area contributed by atoms with Crippen LogP contribution in [0, 0.1) is 0 Å². The Labute approximate surface area is 187 Å². The minimum atomic E-state index is -1.14. The standard InChI is InChI=1S/C23H18N2O6S/c1-29-19-11-14(7-9-17(19)30-13-16-8-10-18(31-16)22(27)28)12-20-21(26)25-23(32-20)24-15-5-3-2-4-6-15/h2-12H,13H2,1H3,(H,27,28)(H,24,25,26)/b20-12-. The van der Waals surface area contributed by atoms with E-state index in [1.807, 2.05) is 30.3 Å². The molecule has 2 heterocycles. The Bertz CT molecular complexity index is 1220. The van der Waals surface area contributed by atoms with Crippen LogP contribution in [-0.2, 0) is 11.4 Å². The van der Waals surface area contributed by atoms with E-state index in [1.165, 1.54) is 24.9 Å². The SMILES string of the molecule is COc1cc(/C=C2\SC(=Nc3ccccc3)NC2=O)ccc1OCc1ccc(C(=O)O)o1. The van der Waals surface area contributed by atoms with Crippen molar-refractivity contribution in [1.82, 2.24) is 5.32 Å². The number of amidine groups is 1. The lowest BCUT2D eigenvalue weighted by atomic mass is 10.2. The second kappa shape index (κ2) is 9.44. The van der Waals surface area contributed by atoms with Crippen LogP contribution in [0.4, 0.5) is 5.69 Å². The number of hydrogen-bond donors (Lipinski definition) is 2. The topological polar surface area (TPSA) is 110 Å². The van der Waals surface area contributed by atoms with Crippen LogP contribution in [0.5, 0.6) is 11.5 Å². The van der Waals surface area contributed by atoms with Gasteiger partial charge in [-0.05, 0) is 59.8 Å². The summed E-state index contributed by atoms with van der Waals surface area (Å²) in [5, 5.41) is 12.2. The van der Waals surface area contributed by atoms with Crippen molar-refractivity contribution in [2.45, 2.75) is 6.61 Å². The number of hydrogen-bond acceptors (Lipinski definition) is 7. The van der Waals surface area contributed by atoms with Crippen LogP contribution in [0.15, 0.2) is 75.0 Å². The molecule has 0 aliphatic carbocycles. The molecule has 0 radical (unpaired) electrons. The maximum atomic E-state index is 12.3. The zero-order chi connectivity index (χ0) is 22.5. The number of ether oxygens (including phenoxy) is 2. The number of aromatic carboxylic acids is 1. The normalized spacial score (nSPS) is 15.7. The average molecular weight is 450 g/mol. The molecule has 8 nitrogen and oxygen atoms in total. The molecule has 9 heteroatoms. The van der Waals surface area contributed by atoms with Gasteiger partial charge in [0.25, 0.3) is 5.91 Å². The first-order chi connectivity index (χ1) is 15.5. The molecule has 3 aromatic rings. The average Bonchev–Trinajstić information content (AvgIpc) is 3.40. The van der Waals surface area contributed by atoms with Gasteiger partial charge in [0.05, 0.1) is 17.7 Å². The Balaban J connectivity index is 1.47. The molecule has 1 saturated heterocycles. The quantitative estimate of drug-likeness (QED) is 0.512.